The summed E-state index contributed by atoms with van der Waals surface area (Å²) in [4.78, 5) is 14.8. The molecule has 0 bridgehead atoms. The number of amides is 1. The molecule has 2 heterocycles. The Morgan fingerprint density at radius 3 is 2.29 bits per heavy atom. The minimum atomic E-state index is -0.440. The number of carbonyl (C=O) groups is 1. The van der Waals surface area contributed by atoms with Crippen LogP contribution in [0.2, 0.25) is 0 Å². The molecule has 0 radical (unpaired) electrons. The van der Waals surface area contributed by atoms with Crippen molar-refractivity contribution in [3.8, 4) is 16.9 Å². The Morgan fingerprint density at radius 1 is 0.971 bits per heavy atom. The van der Waals surface area contributed by atoms with E-state index in [0.29, 0.717) is 26.3 Å². The molecule has 0 N–H and O–H groups in total. The monoisotopic (exact) mass is 474 g/mol. The normalized spacial score (nSPS) is 11.2. The average molecular weight is 475 g/mol. The Hall–Kier alpha value is -3.82. The van der Waals surface area contributed by atoms with E-state index < -0.39 is 6.29 Å². The molecular weight excluding hydrogens is 444 g/mol. The van der Waals surface area contributed by atoms with Crippen LogP contribution < -0.4 is 0 Å². The standard InChI is InChI=1S/C26H30N6O3/c1-4-34-24(35-5-2)19-31-18-23(27-29-31)26(33)30(3)16-21-17-32(22-14-10-7-11-15-22)28-25(21)20-12-8-6-9-13-20/h6-15,17-18,24H,4-5,16,19H2,1-3H3. The lowest BCUT2D eigenvalue weighted by Crippen LogP contribution is -2.27. The SMILES string of the molecule is CCOC(Cn1cc(C(=O)N(C)Cc2cn(-c3ccccc3)nc2-c2ccccc2)nn1)OCC. The van der Waals surface area contributed by atoms with Gasteiger partial charge in [-0.05, 0) is 26.0 Å². The van der Waals surface area contributed by atoms with E-state index in [1.165, 1.54) is 0 Å². The van der Waals surface area contributed by atoms with Gasteiger partial charge in [-0.3, -0.25) is 4.79 Å². The number of carbonyl (C=O) groups excluding carboxylic acids is 1. The number of nitrogens with zero attached hydrogens (tertiary/aromatic N) is 6. The topological polar surface area (TPSA) is 87.3 Å². The molecule has 35 heavy (non-hydrogen) atoms. The van der Waals surface area contributed by atoms with E-state index in [1.807, 2.05) is 85.4 Å². The third-order valence-corrected chi connectivity index (χ3v) is 5.41. The third kappa shape index (κ3) is 6.00. The van der Waals surface area contributed by atoms with Gasteiger partial charge >= 0.3 is 0 Å². The van der Waals surface area contributed by atoms with Crippen molar-refractivity contribution < 1.29 is 14.3 Å². The van der Waals surface area contributed by atoms with Gasteiger partial charge in [0.25, 0.3) is 5.91 Å². The molecule has 182 valence electrons. The molecule has 0 aliphatic rings. The van der Waals surface area contributed by atoms with Crippen molar-refractivity contribution in [3.63, 3.8) is 0 Å². The molecule has 0 fully saturated rings. The first-order valence-electron chi connectivity index (χ1n) is 11.7. The van der Waals surface area contributed by atoms with Crippen LogP contribution in [0.5, 0.6) is 0 Å². The number of aromatic nitrogens is 5. The summed E-state index contributed by atoms with van der Waals surface area (Å²) in [6.07, 6.45) is 3.15. The van der Waals surface area contributed by atoms with E-state index in [0.717, 1.165) is 22.5 Å². The number of hydrogen-bond acceptors (Lipinski definition) is 6. The zero-order chi connectivity index (χ0) is 24.6. The van der Waals surface area contributed by atoms with Crippen molar-refractivity contribution in [1.29, 1.82) is 0 Å². The van der Waals surface area contributed by atoms with E-state index in [9.17, 15) is 4.79 Å². The maximum absolute atomic E-state index is 13.1. The van der Waals surface area contributed by atoms with Gasteiger partial charge in [0, 0.05) is 44.1 Å². The Balaban J connectivity index is 1.53. The van der Waals surface area contributed by atoms with Gasteiger partial charge in [0.1, 0.15) is 0 Å². The third-order valence-electron chi connectivity index (χ3n) is 5.41. The summed E-state index contributed by atoms with van der Waals surface area (Å²) in [6, 6.07) is 19.9. The highest BCUT2D eigenvalue weighted by atomic mass is 16.7. The van der Waals surface area contributed by atoms with E-state index >= 15 is 0 Å². The van der Waals surface area contributed by atoms with Crippen molar-refractivity contribution in [1.82, 2.24) is 29.7 Å². The quantitative estimate of drug-likeness (QED) is 0.307. The van der Waals surface area contributed by atoms with Gasteiger partial charge in [-0.1, -0.05) is 53.7 Å². The van der Waals surface area contributed by atoms with Gasteiger partial charge in [0.2, 0.25) is 0 Å². The van der Waals surface area contributed by atoms with Crippen LogP contribution in [0.1, 0.15) is 29.9 Å². The second-order valence-corrected chi connectivity index (χ2v) is 7.98. The van der Waals surface area contributed by atoms with E-state index in [4.69, 9.17) is 14.6 Å². The van der Waals surface area contributed by atoms with Crippen molar-refractivity contribution in [2.24, 2.45) is 0 Å². The minimum absolute atomic E-state index is 0.230. The number of hydrogen-bond donors (Lipinski definition) is 0. The fourth-order valence-electron chi connectivity index (χ4n) is 3.76. The molecule has 9 nitrogen and oxygen atoms in total. The second kappa shape index (κ2) is 11.5. The lowest BCUT2D eigenvalue weighted by Gasteiger charge is -2.16. The highest BCUT2D eigenvalue weighted by Crippen LogP contribution is 2.25. The molecule has 1 amide bonds. The molecule has 0 saturated heterocycles. The fraction of sp³-hybridized carbons (Fsp3) is 0.308. The molecule has 0 atom stereocenters. The first-order valence-corrected chi connectivity index (χ1v) is 11.7. The van der Waals surface area contributed by atoms with Crippen molar-refractivity contribution in [3.05, 3.63) is 84.3 Å². The van der Waals surface area contributed by atoms with Gasteiger partial charge in [0.15, 0.2) is 12.0 Å². The van der Waals surface area contributed by atoms with E-state index in [2.05, 4.69) is 10.3 Å². The molecule has 0 saturated carbocycles. The summed E-state index contributed by atoms with van der Waals surface area (Å²) in [6.45, 7) is 5.57. The summed E-state index contributed by atoms with van der Waals surface area (Å²) in [5, 5.41) is 13.0. The Kier molecular flexibility index (Phi) is 8.02. The summed E-state index contributed by atoms with van der Waals surface area (Å²) in [5.74, 6) is -0.230. The largest absolute Gasteiger partial charge is 0.351 e. The summed E-state index contributed by atoms with van der Waals surface area (Å²) < 4.78 is 14.5. The van der Waals surface area contributed by atoms with Crippen LogP contribution in [-0.4, -0.2) is 62.1 Å². The predicted octanol–water partition coefficient (Wildman–Crippen LogP) is 3.80. The number of para-hydroxylation sites is 1. The van der Waals surface area contributed by atoms with Crippen LogP contribution in [0.15, 0.2) is 73.1 Å². The molecule has 4 aromatic rings. The molecule has 0 aliphatic heterocycles. The molecule has 0 unspecified atom stereocenters. The number of benzene rings is 2. The van der Waals surface area contributed by atoms with Crippen molar-refractivity contribution in [2.75, 3.05) is 20.3 Å². The molecular formula is C26H30N6O3. The van der Waals surface area contributed by atoms with Crippen molar-refractivity contribution >= 4 is 5.91 Å². The first-order chi connectivity index (χ1) is 17.1. The Morgan fingerprint density at radius 2 is 1.63 bits per heavy atom. The van der Waals surface area contributed by atoms with Gasteiger partial charge in [-0.2, -0.15) is 5.10 Å². The smallest absolute Gasteiger partial charge is 0.276 e. The Bertz CT molecular complexity index is 1220. The van der Waals surface area contributed by atoms with Gasteiger partial charge in [-0.15, -0.1) is 5.10 Å². The number of rotatable bonds is 11. The van der Waals surface area contributed by atoms with Crippen LogP contribution in [0, 0.1) is 0 Å². The molecule has 2 aromatic carbocycles. The molecule has 0 aliphatic carbocycles. The molecule has 0 spiro atoms. The first kappa shape index (κ1) is 24.3. The average Bonchev–Trinajstić information content (AvgIpc) is 3.52. The highest BCUT2D eigenvalue weighted by Gasteiger charge is 2.21. The van der Waals surface area contributed by atoms with Crippen LogP contribution in [0.4, 0.5) is 0 Å². The van der Waals surface area contributed by atoms with Crippen molar-refractivity contribution in [2.45, 2.75) is 33.2 Å². The molecule has 9 heteroatoms. The van der Waals surface area contributed by atoms with Crippen LogP contribution >= 0.6 is 0 Å². The summed E-state index contributed by atoms with van der Waals surface area (Å²) >= 11 is 0. The lowest BCUT2D eigenvalue weighted by molar-refractivity contribution is -0.145. The fourth-order valence-corrected chi connectivity index (χ4v) is 3.76. The molecule has 4 rings (SSSR count). The Labute approximate surface area is 204 Å². The predicted molar refractivity (Wildman–Crippen MR) is 132 cm³/mol. The lowest BCUT2D eigenvalue weighted by atomic mass is 10.1. The van der Waals surface area contributed by atoms with Crippen LogP contribution in [0.25, 0.3) is 16.9 Å². The zero-order valence-electron chi connectivity index (χ0n) is 20.2. The maximum Gasteiger partial charge on any atom is 0.276 e. The summed E-state index contributed by atoms with van der Waals surface area (Å²) in [5.41, 5.74) is 3.95. The van der Waals surface area contributed by atoms with Gasteiger partial charge in [-0.25, -0.2) is 9.36 Å². The summed E-state index contributed by atoms with van der Waals surface area (Å²) in [7, 11) is 1.75. The number of ether oxygens (including phenoxy) is 2. The maximum atomic E-state index is 13.1. The highest BCUT2D eigenvalue weighted by molar-refractivity contribution is 5.91. The van der Waals surface area contributed by atoms with Crippen LogP contribution in [0.3, 0.4) is 0 Å². The second-order valence-electron chi connectivity index (χ2n) is 7.98. The van der Waals surface area contributed by atoms with Gasteiger partial charge < -0.3 is 14.4 Å². The minimum Gasteiger partial charge on any atom is -0.351 e. The van der Waals surface area contributed by atoms with Crippen LogP contribution in [-0.2, 0) is 22.6 Å². The van der Waals surface area contributed by atoms with E-state index in [-0.39, 0.29) is 11.6 Å². The van der Waals surface area contributed by atoms with Gasteiger partial charge in [0.05, 0.1) is 24.1 Å². The molecule has 2 aromatic heterocycles. The van der Waals surface area contributed by atoms with E-state index in [1.54, 1.807) is 22.8 Å². The zero-order valence-corrected chi connectivity index (χ0v) is 20.2.